The first-order valence-corrected chi connectivity index (χ1v) is 16.7. The fraction of sp³-hybridized carbons (Fsp3) is 0.128. The third-order valence-electron chi connectivity index (χ3n) is 8.24. The molecule has 7 rings (SSSR count). The zero-order chi connectivity index (χ0) is 33.2. The molecule has 0 saturated carbocycles. The summed E-state index contributed by atoms with van der Waals surface area (Å²) in [5.41, 5.74) is 7.36. The number of phenols is 1. The molecule has 3 heterocycles. The molecule has 1 N–H and O–H groups in total. The number of thiazole rings is 1. The number of amides is 1. The molecule has 0 saturated heterocycles. The van der Waals surface area contributed by atoms with E-state index in [1.807, 2.05) is 60.0 Å². The highest BCUT2D eigenvalue weighted by atomic mass is 32.1. The number of para-hydroxylation sites is 2. The molecule has 0 spiro atoms. The minimum atomic E-state index is -0.337. The van der Waals surface area contributed by atoms with Crippen LogP contribution in [0.2, 0.25) is 0 Å². The molecule has 7 nitrogen and oxygen atoms in total. The van der Waals surface area contributed by atoms with E-state index in [4.69, 9.17) is 9.97 Å². The third kappa shape index (κ3) is 6.20. The smallest absolute Gasteiger partial charge is 0.282 e. The van der Waals surface area contributed by atoms with Crippen LogP contribution in [0.15, 0.2) is 107 Å². The van der Waals surface area contributed by atoms with Crippen molar-refractivity contribution >= 4 is 57.3 Å². The Bertz CT molecular complexity index is 2250. The lowest BCUT2D eigenvalue weighted by molar-refractivity contribution is -0.114. The number of benzene rings is 4. The van der Waals surface area contributed by atoms with Gasteiger partial charge >= 0.3 is 0 Å². The molecule has 0 aliphatic carbocycles. The maximum Gasteiger partial charge on any atom is 0.282 e. The molecule has 0 fully saturated rings. The van der Waals surface area contributed by atoms with Crippen LogP contribution in [-0.4, -0.2) is 31.3 Å². The summed E-state index contributed by atoms with van der Waals surface area (Å²) in [6, 6.07) is 27.5. The standard InChI is InChI=1S/C39H32FN5O2S/c1-3-4-20-44-36-11-6-5-10-34(36)41-37(44)19-14-26-8-7-9-28(21-26)32-23-29(15-18-33(32)40)35-24-48-39(42-35)45-38(47)31(25(2)43-45)22-27-12-16-30(46)17-13-27/h5-19,21-24,46H,3-4,20H2,1-2H3/b19-14+,31-22-. The lowest BCUT2D eigenvalue weighted by Crippen LogP contribution is -2.21. The summed E-state index contributed by atoms with van der Waals surface area (Å²) < 4.78 is 17.5. The Labute approximate surface area is 281 Å². The first kappa shape index (κ1) is 31.0. The average molecular weight is 654 g/mol. The van der Waals surface area contributed by atoms with Crippen molar-refractivity contribution < 1.29 is 14.3 Å². The van der Waals surface area contributed by atoms with Crippen LogP contribution >= 0.6 is 11.3 Å². The highest BCUT2D eigenvalue weighted by Crippen LogP contribution is 2.34. The summed E-state index contributed by atoms with van der Waals surface area (Å²) in [5.74, 6) is 0.422. The Kier molecular flexibility index (Phi) is 8.52. The SMILES string of the molecule is CCCCn1c(/C=C/c2cccc(-c3cc(-c4csc(N5N=C(C)/C(=C/c6ccc(O)cc6)C5=O)n4)ccc3F)c2)nc2ccccc21. The average Bonchev–Trinajstić information content (AvgIpc) is 3.80. The van der Waals surface area contributed by atoms with Gasteiger partial charge in [0.05, 0.1) is 28.0 Å². The number of aryl methyl sites for hydroxylation is 1. The highest BCUT2D eigenvalue weighted by molar-refractivity contribution is 7.14. The van der Waals surface area contributed by atoms with E-state index >= 15 is 4.39 Å². The molecule has 0 bridgehead atoms. The number of hydrogen-bond donors (Lipinski definition) is 1. The van der Waals surface area contributed by atoms with Crippen molar-refractivity contribution in [3.05, 3.63) is 125 Å². The molecule has 4 aromatic carbocycles. The van der Waals surface area contributed by atoms with Gasteiger partial charge in [-0.2, -0.15) is 10.1 Å². The van der Waals surface area contributed by atoms with Gasteiger partial charge in [0, 0.05) is 23.1 Å². The molecule has 48 heavy (non-hydrogen) atoms. The van der Waals surface area contributed by atoms with Gasteiger partial charge in [0.1, 0.15) is 17.4 Å². The topological polar surface area (TPSA) is 83.6 Å². The van der Waals surface area contributed by atoms with Crippen LogP contribution in [-0.2, 0) is 11.3 Å². The van der Waals surface area contributed by atoms with Gasteiger partial charge in [0.2, 0.25) is 5.13 Å². The van der Waals surface area contributed by atoms with Gasteiger partial charge in [-0.05, 0) is 90.7 Å². The first-order valence-electron chi connectivity index (χ1n) is 15.8. The van der Waals surface area contributed by atoms with Crippen LogP contribution in [0, 0.1) is 5.82 Å². The van der Waals surface area contributed by atoms with E-state index in [2.05, 4.69) is 22.7 Å². The Morgan fingerprint density at radius 3 is 2.56 bits per heavy atom. The number of hydrazone groups is 1. The quantitative estimate of drug-likeness (QED) is 0.158. The van der Waals surface area contributed by atoms with Crippen molar-refractivity contribution in [3.8, 4) is 28.1 Å². The molecule has 0 unspecified atom stereocenters. The second kappa shape index (κ2) is 13.2. The maximum absolute atomic E-state index is 15.3. The van der Waals surface area contributed by atoms with Crippen molar-refractivity contribution in [2.45, 2.75) is 33.2 Å². The van der Waals surface area contributed by atoms with Crippen molar-refractivity contribution in [1.29, 1.82) is 0 Å². The fourth-order valence-electron chi connectivity index (χ4n) is 5.70. The van der Waals surface area contributed by atoms with Crippen LogP contribution < -0.4 is 5.01 Å². The van der Waals surface area contributed by atoms with E-state index in [1.165, 1.54) is 22.4 Å². The monoisotopic (exact) mass is 653 g/mol. The number of rotatable bonds is 9. The number of fused-ring (bicyclic) bond motifs is 1. The summed E-state index contributed by atoms with van der Waals surface area (Å²) in [7, 11) is 0. The molecule has 9 heteroatoms. The minimum absolute atomic E-state index is 0.154. The number of hydrogen-bond acceptors (Lipinski definition) is 6. The van der Waals surface area contributed by atoms with E-state index < -0.39 is 0 Å². The summed E-state index contributed by atoms with van der Waals surface area (Å²) >= 11 is 1.29. The molecule has 238 valence electrons. The summed E-state index contributed by atoms with van der Waals surface area (Å²) in [6.45, 7) is 4.85. The Morgan fingerprint density at radius 1 is 0.896 bits per heavy atom. The second-order valence-corrected chi connectivity index (χ2v) is 12.4. The zero-order valence-corrected chi connectivity index (χ0v) is 27.3. The van der Waals surface area contributed by atoms with Crippen LogP contribution in [0.25, 0.3) is 51.6 Å². The highest BCUT2D eigenvalue weighted by Gasteiger charge is 2.31. The molecule has 1 aliphatic heterocycles. The molecular formula is C39H32FN5O2S. The molecule has 0 radical (unpaired) electrons. The van der Waals surface area contributed by atoms with E-state index in [1.54, 1.807) is 49.4 Å². The lowest BCUT2D eigenvalue weighted by atomic mass is 9.99. The van der Waals surface area contributed by atoms with Crippen LogP contribution in [0.4, 0.5) is 9.52 Å². The number of aromatic hydroxyl groups is 1. The fourth-order valence-corrected chi connectivity index (χ4v) is 6.48. The number of phenolic OH excluding ortho intramolecular Hbond substituents is 1. The van der Waals surface area contributed by atoms with E-state index in [-0.39, 0.29) is 17.5 Å². The van der Waals surface area contributed by atoms with Gasteiger partial charge in [-0.25, -0.2) is 14.4 Å². The van der Waals surface area contributed by atoms with Crippen molar-refractivity contribution in [3.63, 3.8) is 0 Å². The Morgan fingerprint density at radius 2 is 1.73 bits per heavy atom. The third-order valence-corrected chi connectivity index (χ3v) is 9.06. The zero-order valence-electron chi connectivity index (χ0n) is 26.5. The number of unbranched alkanes of at least 4 members (excludes halogenated alkanes) is 1. The number of carbonyl (C=O) groups excluding carboxylic acids is 1. The van der Waals surface area contributed by atoms with Crippen LogP contribution in [0.5, 0.6) is 5.75 Å². The predicted molar refractivity (Wildman–Crippen MR) is 193 cm³/mol. The van der Waals surface area contributed by atoms with Crippen molar-refractivity contribution in [1.82, 2.24) is 14.5 Å². The van der Waals surface area contributed by atoms with Crippen LogP contribution in [0.1, 0.15) is 43.6 Å². The molecule has 1 amide bonds. The number of anilines is 1. The molecule has 0 atom stereocenters. The minimum Gasteiger partial charge on any atom is -0.508 e. The molecule has 2 aromatic heterocycles. The van der Waals surface area contributed by atoms with Crippen LogP contribution in [0.3, 0.4) is 0 Å². The van der Waals surface area contributed by atoms with E-state index in [9.17, 15) is 9.90 Å². The number of halogens is 1. The van der Waals surface area contributed by atoms with E-state index in [0.717, 1.165) is 58.5 Å². The van der Waals surface area contributed by atoms with E-state index in [0.29, 0.717) is 27.7 Å². The number of imidazole rings is 1. The molecule has 1 aliphatic rings. The molecular weight excluding hydrogens is 622 g/mol. The van der Waals surface area contributed by atoms with Gasteiger partial charge in [-0.1, -0.05) is 61.9 Å². The maximum atomic E-state index is 15.3. The van der Waals surface area contributed by atoms with Gasteiger partial charge in [-0.15, -0.1) is 11.3 Å². The Hall–Kier alpha value is -5.67. The predicted octanol–water partition coefficient (Wildman–Crippen LogP) is 9.45. The summed E-state index contributed by atoms with van der Waals surface area (Å²) in [4.78, 5) is 22.9. The van der Waals surface area contributed by atoms with Gasteiger partial charge < -0.3 is 9.67 Å². The summed E-state index contributed by atoms with van der Waals surface area (Å²) in [5, 5.41) is 17.6. The second-order valence-electron chi connectivity index (χ2n) is 11.6. The lowest BCUT2D eigenvalue weighted by Gasteiger charge is -2.08. The first-order chi connectivity index (χ1) is 23.4. The van der Waals surface area contributed by atoms with Gasteiger partial charge in [0.15, 0.2) is 0 Å². The Balaban J connectivity index is 1.13. The number of aromatic nitrogens is 3. The van der Waals surface area contributed by atoms with Crippen molar-refractivity contribution in [2.75, 3.05) is 5.01 Å². The molecule has 6 aromatic rings. The van der Waals surface area contributed by atoms with Crippen molar-refractivity contribution in [2.24, 2.45) is 5.10 Å². The van der Waals surface area contributed by atoms with Gasteiger partial charge in [0.25, 0.3) is 5.91 Å². The largest absolute Gasteiger partial charge is 0.508 e. The number of nitrogens with zero attached hydrogens (tertiary/aromatic N) is 5. The normalized spacial score (nSPS) is 14.1. The van der Waals surface area contributed by atoms with Gasteiger partial charge in [-0.3, -0.25) is 4.79 Å². The summed E-state index contributed by atoms with van der Waals surface area (Å²) in [6.07, 6.45) is 7.93. The number of carbonyl (C=O) groups is 1.